The molecule has 0 bridgehead atoms. The number of phenols is 1. The molecule has 2 N–H and O–H groups in total. The molecule has 1 aromatic carbocycles. The van der Waals surface area contributed by atoms with E-state index in [-0.39, 0.29) is 9.26 Å². The van der Waals surface area contributed by atoms with E-state index in [1.54, 1.807) is 27.9 Å². The summed E-state index contributed by atoms with van der Waals surface area (Å²) in [6, 6.07) is 1.77. The number of carbonyl (C=O) groups excluding carboxylic acids is 1. The number of nitrogens with one attached hydrogen (secondary N) is 1. The van der Waals surface area contributed by atoms with Gasteiger partial charge in [0.1, 0.15) is 11.6 Å². The number of halogens is 5. The van der Waals surface area contributed by atoms with Crippen LogP contribution in [0.1, 0.15) is 0 Å². The zero-order valence-corrected chi connectivity index (χ0v) is 11.1. The molecule has 0 atom stereocenters. The maximum atomic E-state index is 12.9. The Morgan fingerprint density at radius 3 is 2.56 bits per heavy atom. The molecule has 16 heavy (non-hydrogen) atoms. The third-order valence-corrected chi connectivity index (χ3v) is 2.73. The number of rotatable bonds is 2. The summed E-state index contributed by atoms with van der Waals surface area (Å²) in [5.41, 5.74) is -0.282. The van der Waals surface area contributed by atoms with E-state index in [9.17, 15) is 23.1 Å². The molecular weight excluding hydrogens is 406 g/mol. The molecule has 0 spiro atoms. The molecule has 0 aliphatic carbocycles. The van der Waals surface area contributed by atoms with Crippen LogP contribution in [0.3, 0.4) is 0 Å². The Balaban J connectivity index is 2.99. The predicted molar refractivity (Wildman–Crippen MR) is 63.3 cm³/mol. The van der Waals surface area contributed by atoms with Crippen LogP contribution in [0.5, 0.6) is 5.75 Å². The molecule has 1 aromatic rings. The van der Waals surface area contributed by atoms with Gasteiger partial charge < -0.3 is 10.4 Å². The number of hydrogen-bond acceptors (Lipinski definition) is 2. The molecule has 0 saturated heterocycles. The van der Waals surface area contributed by atoms with Crippen molar-refractivity contribution in [3.63, 3.8) is 0 Å². The van der Waals surface area contributed by atoms with E-state index in [4.69, 9.17) is 0 Å². The van der Waals surface area contributed by atoms with Crippen molar-refractivity contribution in [3.05, 3.63) is 21.5 Å². The normalized spacial score (nSPS) is 11.3. The number of phenolic OH excluding ortho intramolecular Hbond substituents is 1. The van der Waals surface area contributed by atoms with Crippen molar-refractivity contribution in [3.8, 4) is 5.75 Å². The molecule has 0 fully saturated rings. The lowest BCUT2D eigenvalue weighted by molar-refractivity contribution is -0.128. The van der Waals surface area contributed by atoms with Crippen LogP contribution in [0.4, 0.5) is 18.9 Å². The van der Waals surface area contributed by atoms with Crippen molar-refractivity contribution >= 4 is 50.1 Å². The van der Waals surface area contributed by atoms with Gasteiger partial charge in [0, 0.05) is 22.0 Å². The van der Waals surface area contributed by atoms with Gasteiger partial charge in [-0.3, -0.25) is 4.79 Å². The highest BCUT2D eigenvalue weighted by Gasteiger charge is 2.35. The molecule has 0 heterocycles. The van der Waals surface area contributed by atoms with E-state index in [2.05, 4.69) is 0 Å². The number of benzene rings is 1. The Morgan fingerprint density at radius 1 is 1.50 bits per heavy atom. The maximum absolute atomic E-state index is 12.9. The SMILES string of the molecule is O=C(Nc1cc(I)c(F)cc1O)C(F)(F)Br. The van der Waals surface area contributed by atoms with E-state index < -0.39 is 22.3 Å². The summed E-state index contributed by atoms with van der Waals surface area (Å²) in [5.74, 6) is -2.98. The molecular formula is C8H4BrF3INO2. The summed E-state index contributed by atoms with van der Waals surface area (Å²) >= 11 is 3.45. The monoisotopic (exact) mass is 409 g/mol. The van der Waals surface area contributed by atoms with Gasteiger partial charge in [-0.15, -0.1) is 0 Å². The summed E-state index contributed by atoms with van der Waals surface area (Å²) in [7, 11) is 0. The zero-order valence-electron chi connectivity index (χ0n) is 7.40. The van der Waals surface area contributed by atoms with Gasteiger partial charge in [0.2, 0.25) is 0 Å². The molecule has 1 amide bonds. The van der Waals surface area contributed by atoms with Gasteiger partial charge in [0.25, 0.3) is 0 Å². The summed E-state index contributed by atoms with van der Waals surface area (Å²) in [6.45, 7) is 0. The lowest BCUT2D eigenvalue weighted by Gasteiger charge is -2.11. The molecule has 1 rings (SSSR count). The van der Waals surface area contributed by atoms with E-state index >= 15 is 0 Å². The second kappa shape index (κ2) is 4.78. The molecule has 0 aliphatic rings. The number of aromatic hydroxyl groups is 1. The van der Waals surface area contributed by atoms with Gasteiger partial charge in [0.05, 0.1) is 9.26 Å². The van der Waals surface area contributed by atoms with Crippen LogP contribution in [0.2, 0.25) is 0 Å². The Kier molecular flexibility index (Phi) is 4.05. The van der Waals surface area contributed by atoms with Crippen molar-refractivity contribution < 1.29 is 23.1 Å². The number of anilines is 1. The molecule has 3 nitrogen and oxygen atoms in total. The van der Waals surface area contributed by atoms with E-state index in [0.29, 0.717) is 0 Å². The van der Waals surface area contributed by atoms with Crippen LogP contribution in [-0.2, 0) is 4.79 Å². The number of alkyl halides is 3. The minimum atomic E-state index is -3.75. The zero-order chi connectivity index (χ0) is 12.5. The van der Waals surface area contributed by atoms with Crippen molar-refractivity contribution in [2.75, 3.05) is 5.32 Å². The molecule has 0 aliphatic heterocycles. The molecule has 0 saturated carbocycles. The summed E-state index contributed by atoms with van der Waals surface area (Å²) in [6.07, 6.45) is 0. The third kappa shape index (κ3) is 3.24. The minimum Gasteiger partial charge on any atom is -0.506 e. The highest BCUT2D eigenvalue weighted by molar-refractivity contribution is 14.1. The minimum absolute atomic E-state index is 0.0867. The maximum Gasteiger partial charge on any atom is 0.378 e. The van der Waals surface area contributed by atoms with E-state index in [1.807, 2.05) is 15.9 Å². The molecule has 0 radical (unpaired) electrons. The molecule has 88 valence electrons. The van der Waals surface area contributed by atoms with Crippen molar-refractivity contribution in [2.24, 2.45) is 0 Å². The van der Waals surface area contributed by atoms with E-state index in [1.165, 1.54) is 0 Å². The second-order valence-corrected chi connectivity index (χ2v) is 4.89. The number of hydrogen-bond donors (Lipinski definition) is 2. The summed E-state index contributed by atoms with van der Waals surface area (Å²) in [4.78, 5) is 7.12. The van der Waals surface area contributed by atoms with Gasteiger partial charge >= 0.3 is 10.7 Å². The number of carbonyl (C=O) groups is 1. The van der Waals surface area contributed by atoms with Crippen LogP contribution in [0.15, 0.2) is 12.1 Å². The van der Waals surface area contributed by atoms with Gasteiger partial charge in [0.15, 0.2) is 0 Å². The topological polar surface area (TPSA) is 49.3 Å². The third-order valence-electron chi connectivity index (χ3n) is 1.54. The van der Waals surface area contributed by atoms with Gasteiger partial charge in [-0.2, -0.15) is 8.78 Å². The second-order valence-electron chi connectivity index (χ2n) is 2.74. The lowest BCUT2D eigenvalue weighted by atomic mass is 10.3. The van der Waals surface area contributed by atoms with Crippen molar-refractivity contribution in [1.29, 1.82) is 0 Å². The van der Waals surface area contributed by atoms with Gasteiger partial charge in [-0.05, 0) is 28.7 Å². The van der Waals surface area contributed by atoms with E-state index in [0.717, 1.165) is 12.1 Å². The fourth-order valence-corrected chi connectivity index (χ4v) is 1.40. The van der Waals surface area contributed by atoms with Crippen molar-refractivity contribution in [1.82, 2.24) is 0 Å². The fourth-order valence-electron chi connectivity index (χ4n) is 0.830. The molecule has 8 heteroatoms. The Morgan fingerprint density at radius 2 is 2.06 bits per heavy atom. The summed E-state index contributed by atoms with van der Waals surface area (Å²) < 4.78 is 37.9. The van der Waals surface area contributed by atoms with Crippen LogP contribution < -0.4 is 5.32 Å². The van der Waals surface area contributed by atoms with Crippen LogP contribution in [-0.4, -0.2) is 15.8 Å². The molecule has 0 aromatic heterocycles. The Labute approximate surface area is 110 Å². The Bertz CT molecular complexity index is 436. The first-order valence-electron chi connectivity index (χ1n) is 3.78. The summed E-state index contributed by atoms with van der Waals surface area (Å²) in [5, 5.41) is 11.0. The Hall–Kier alpha value is -0.510. The van der Waals surface area contributed by atoms with Gasteiger partial charge in [-0.1, -0.05) is 0 Å². The van der Waals surface area contributed by atoms with Crippen molar-refractivity contribution in [2.45, 2.75) is 4.83 Å². The first-order chi connectivity index (χ1) is 7.21. The quantitative estimate of drug-likeness (QED) is 0.448. The average Bonchev–Trinajstić information content (AvgIpc) is 2.12. The smallest absolute Gasteiger partial charge is 0.378 e. The average molecular weight is 410 g/mol. The van der Waals surface area contributed by atoms with Gasteiger partial charge in [-0.25, -0.2) is 4.39 Å². The highest BCUT2D eigenvalue weighted by atomic mass is 127. The predicted octanol–water partition coefficient (Wildman–Crippen LogP) is 3.06. The van der Waals surface area contributed by atoms with Crippen LogP contribution in [0.25, 0.3) is 0 Å². The highest BCUT2D eigenvalue weighted by Crippen LogP contribution is 2.30. The largest absolute Gasteiger partial charge is 0.506 e. The number of amides is 1. The van der Waals surface area contributed by atoms with Crippen LogP contribution in [0, 0.1) is 9.39 Å². The lowest BCUT2D eigenvalue weighted by Crippen LogP contribution is -2.28. The fraction of sp³-hybridized carbons (Fsp3) is 0.125. The molecule has 0 unspecified atom stereocenters. The first-order valence-corrected chi connectivity index (χ1v) is 5.65. The standard InChI is InChI=1S/C8H4BrF3INO2/c9-8(11,12)7(16)14-5-2-4(13)3(10)1-6(5)15/h1-2,15H,(H,14,16). The first kappa shape index (κ1) is 13.6. The van der Waals surface area contributed by atoms with Crippen LogP contribution >= 0.6 is 38.5 Å².